The number of pyridine rings is 1. The maximum Gasteiger partial charge on any atom is 0.230 e. The molecule has 0 saturated carbocycles. The first-order valence-electron chi connectivity index (χ1n) is 8.24. The standard InChI is InChI=1S/C21H16ClN3O/c1-13-11-15(12-14(2)19(13)22)26-21-16-7-3-4-8-17(16)24-20(25-21)18-9-5-6-10-23-18/h3-12H,1-2H3. The maximum absolute atomic E-state index is 6.26. The Morgan fingerprint density at radius 3 is 2.35 bits per heavy atom. The predicted molar refractivity (Wildman–Crippen MR) is 104 cm³/mol. The van der Waals surface area contributed by atoms with Gasteiger partial charge in [0.15, 0.2) is 5.82 Å². The van der Waals surface area contributed by atoms with Gasteiger partial charge >= 0.3 is 0 Å². The lowest BCUT2D eigenvalue weighted by Gasteiger charge is -2.12. The zero-order valence-corrected chi connectivity index (χ0v) is 15.2. The van der Waals surface area contributed by atoms with Crippen molar-refractivity contribution in [2.45, 2.75) is 13.8 Å². The molecular weight excluding hydrogens is 346 g/mol. The summed E-state index contributed by atoms with van der Waals surface area (Å²) in [4.78, 5) is 13.6. The van der Waals surface area contributed by atoms with Crippen molar-refractivity contribution in [3.63, 3.8) is 0 Å². The summed E-state index contributed by atoms with van der Waals surface area (Å²) < 4.78 is 6.13. The Labute approximate surface area is 156 Å². The molecule has 5 heteroatoms. The largest absolute Gasteiger partial charge is 0.438 e. The maximum atomic E-state index is 6.26. The number of hydrogen-bond donors (Lipinski definition) is 0. The van der Waals surface area contributed by atoms with E-state index < -0.39 is 0 Å². The molecule has 0 bridgehead atoms. The molecule has 0 amide bonds. The van der Waals surface area contributed by atoms with Crippen LogP contribution >= 0.6 is 11.6 Å². The quantitative estimate of drug-likeness (QED) is 0.466. The smallest absolute Gasteiger partial charge is 0.230 e. The lowest BCUT2D eigenvalue weighted by molar-refractivity contribution is 0.468. The fraction of sp³-hybridized carbons (Fsp3) is 0.0952. The number of rotatable bonds is 3. The molecule has 128 valence electrons. The second kappa shape index (κ2) is 6.73. The van der Waals surface area contributed by atoms with Gasteiger partial charge in [-0.25, -0.2) is 4.98 Å². The molecule has 0 aliphatic heterocycles. The van der Waals surface area contributed by atoms with Gasteiger partial charge in [-0.2, -0.15) is 4.98 Å². The third kappa shape index (κ3) is 3.11. The Morgan fingerprint density at radius 1 is 0.885 bits per heavy atom. The SMILES string of the molecule is Cc1cc(Oc2nc(-c3ccccn3)nc3ccccc23)cc(C)c1Cl. The van der Waals surface area contributed by atoms with Gasteiger partial charge in [0.05, 0.1) is 10.9 Å². The number of nitrogens with zero attached hydrogens (tertiary/aromatic N) is 3. The molecule has 0 saturated heterocycles. The van der Waals surface area contributed by atoms with Crippen molar-refractivity contribution in [2.24, 2.45) is 0 Å². The number of para-hydroxylation sites is 1. The minimum Gasteiger partial charge on any atom is -0.438 e. The zero-order chi connectivity index (χ0) is 18.1. The fourth-order valence-electron chi connectivity index (χ4n) is 2.81. The summed E-state index contributed by atoms with van der Waals surface area (Å²) in [6.45, 7) is 3.92. The Hall–Kier alpha value is -2.98. The Kier molecular flexibility index (Phi) is 4.27. The average Bonchev–Trinajstić information content (AvgIpc) is 2.66. The number of hydrogen-bond acceptors (Lipinski definition) is 4. The summed E-state index contributed by atoms with van der Waals surface area (Å²) in [5.41, 5.74) is 3.43. The van der Waals surface area contributed by atoms with Gasteiger partial charge in [-0.05, 0) is 61.4 Å². The van der Waals surface area contributed by atoms with Crippen LogP contribution < -0.4 is 4.74 Å². The zero-order valence-electron chi connectivity index (χ0n) is 14.4. The third-order valence-corrected chi connectivity index (χ3v) is 4.68. The fourth-order valence-corrected chi connectivity index (χ4v) is 2.92. The summed E-state index contributed by atoms with van der Waals surface area (Å²) >= 11 is 6.26. The average molecular weight is 362 g/mol. The van der Waals surface area contributed by atoms with E-state index in [0.29, 0.717) is 23.1 Å². The molecule has 0 radical (unpaired) electrons. The summed E-state index contributed by atoms with van der Waals surface area (Å²) in [6.07, 6.45) is 1.72. The number of ether oxygens (including phenoxy) is 1. The molecule has 0 aliphatic carbocycles. The Balaban J connectivity index is 1.86. The van der Waals surface area contributed by atoms with E-state index in [1.54, 1.807) is 6.20 Å². The van der Waals surface area contributed by atoms with Crippen LogP contribution in [0.4, 0.5) is 0 Å². The highest BCUT2D eigenvalue weighted by molar-refractivity contribution is 6.32. The minimum atomic E-state index is 0.498. The van der Waals surface area contributed by atoms with Crippen LogP contribution in [0.2, 0.25) is 5.02 Å². The third-order valence-electron chi connectivity index (χ3n) is 4.09. The summed E-state index contributed by atoms with van der Waals surface area (Å²) in [7, 11) is 0. The second-order valence-corrected chi connectivity index (χ2v) is 6.44. The highest BCUT2D eigenvalue weighted by atomic mass is 35.5. The molecule has 0 fully saturated rings. The van der Waals surface area contributed by atoms with Crippen LogP contribution in [-0.4, -0.2) is 15.0 Å². The van der Waals surface area contributed by atoms with Gasteiger partial charge in [0.2, 0.25) is 5.88 Å². The van der Waals surface area contributed by atoms with Crippen molar-refractivity contribution in [3.8, 4) is 23.1 Å². The van der Waals surface area contributed by atoms with E-state index in [4.69, 9.17) is 16.3 Å². The molecule has 0 unspecified atom stereocenters. The number of benzene rings is 2. The molecule has 0 spiro atoms. The molecule has 0 N–H and O–H groups in total. The first kappa shape index (κ1) is 16.5. The molecule has 4 rings (SSSR count). The number of fused-ring (bicyclic) bond motifs is 1. The number of aromatic nitrogens is 3. The predicted octanol–water partition coefficient (Wildman–Crippen LogP) is 5.75. The molecule has 0 atom stereocenters. The van der Waals surface area contributed by atoms with E-state index in [-0.39, 0.29) is 0 Å². The normalized spacial score (nSPS) is 10.9. The summed E-state index contributed by atoms with van der Waals surface area (Å²) in [5, 5.41) is 1.59. The molecule has 2 aromatic heterocycles. The van der Waals surface area contributed by atoms with Gasteiger partial charge < -0.3 is 4.74 Å². The topological polar surface area (TPSA) is 47.9 Å². The van der Waals surface area contributed by atoms with Crippen molar-refractivity contribution < 1.29 is 4.74 Å². The van der Waals surface area contributed by atoms with Gasteiger partial charge in [-0.15, -0.1) is 0 Å². The molecule has 2 heterocycles. The van der Waals surface area contributed by atoms with E-state index in [1.165, 1.54) is 0 Å². The van der Waals surface area contributed by atoms with Gasteiger partial charge in [-0.1, -0.05) is 29.8 Å². The van der Waals surface area contributed by atoms with Crippen molar-refractivity contribution in [1.29, 1.82) is 0 Å². The van der Waals surface area contributed by atoms with Crippen LogP contribution in [0, 0.1) is 13.8 Å². The van der Waals surface area contributed by atoms with Gasteiger partial charge in [0, 0.05) is 11.2 Å². The first-order chi connectivity index (χ1) is 12.6. The van der Waals surface area contributed by atoms with Crippen LogP contribution in [0.1, 0.15) is 11.1 Å². The van der Waals surface area contributed by atoms with Crippen molar-refractivity contribution in [1.82, 2.24) is 15.0 Å². The van der Waals surface area contributed by atoms with Crippen LogP contribution in [0.5, 0.6) is 11.6 Å². The molecular formula is C21H16ClN3O. The van der Waals surface area contributed by atoms with Crippen molar-refractivity contribution in [2.75, 3.05) is 0 Å². The first-order valence-corrected chi connectivity index (χ1v) is 8.62. The summed E-state index contributed by atoms with van der Waals surface area (Å²) in [6, 6.07) is 17.2. The van der Waals surface area contributed by atoms with Crippen LogP contribution in [0.3, 0.4) is 0 Å². The molecule has 0 aliphatic rings. The van der Waals surface area contributed by atoms with E-state index in [9.17, 15) is 0 Å². The summed E-state index contributed by atoms with van der Waals surface area (Å²) in [5.74, 6) is 1.72. The molecule has 2 aromatic carbocycles. The molecule has 4 nitrogen and oxygen atoms in total. The Morgan fingerprint density at radius 2 is 1.62 bits per heavy atom. The van der Waals surface area contributed by atoms with Gasteiger partial charge in [-0.3, -0.25) is 4.98 Å². The van der Waals surface area contributed by atoms with Crippen molar-refractivity contribution >= 4 is 22.5 Å². The van der Waals surface area contributed by atoms with E-state index >= 15 is 0 Å². The van der Waals surface area contributed by atoms with E-state index in [0.717, 1.165) is 27.1 Å². The van der Waals surface area contributed by atoms with Gasteiger partial charge in [0.25, 0.3) is 0 Å². The van der Waals surface area contributed by atoms with E-state index in [1.807, 2.05) is 68.4 Å². The van der Waals surface area contributed by atoms with Gasteiger partial charge in [0.1, 0.15) is 11.4 Å². The lowest BCUT2D eigenvalue weighted by atomic mass is 10.1. The number of halogens is 1. The molecule has 26 heavy (non-hydrogen) atoms. The highest BCUT2D eigenvalue weighted by Crippen LogP contribution is 2.32. The second-order valence-electron chi connectivity index (χ2n) is 6.06. The highest BCUT2D eigenvalue weighted by Gasteiger charge is 2.13. The molecule has 4 aromatic rings. The monoisotopic (exact) mass is 361 g/mol. The van der Waals surface area contributed by atoms with Crippen molar-refractivity contribution in [3.05, 3.63) is 76.9 Å². The lowest BCUT2D eigenvalue weighted by Crippen LogP contribution is -1.97. The Bertz CT molecular complexity index is 1070. The van der Waals surface area contributed by atoms with Crippen LogP contribution in [0.25, 0.3) is 22.4 Å². The van der Waals surface area contributed by atoms with E-state index in [2.05, 4.69) is 15.0 Å². The van der Waals surface area contributed by atoms with Crippen LogP contribution in [0.15, 0.2) is 60.8 Å². The minimum absolute atomic E-state index is 0.498. The van der Waals surface area contributed by atoms with Crippen LogP contribution in [-0.2, 0) is 0 Å². The number of aryl methyl sites for hydroxylation is 2.